The van der Waals surface area contributed by atoms with Gasteiger partial charge in [-0.05, 0) is 30.2 Å². The highest BCUT2D eigenvalue weighted by atomic mass is 19.4. The van der Waals surface area contributed by atoms with Crippen LogP contribution in [0.1, 0.15) is 16.7 Å². The molecule has 6 nitrogen and oxygen atoms in total. The Hall–Kier alpha value is -3.17. The van der Waals surface area contributed by atoms with Crippen molar-refractivity contribution in [3.8, 4) is 0 Å². The van der Waals surface area contributed by atoms with Crippen LogP contribution in [0, 0.1) is 12.7 Å². The smallest absolute Gasteiger partial charge is 0.417 e. The van der Waals surface area contributed by atoms with Crippen molar-refractivity contribution >= 4 is 11.9 Å². The average molecular weight is 400 g/mol. The second-order valence-electron chi connectivity index (χ2n) is 5.90. The Kier molecular flexibility index (Phi) is 6.55. The van der Waals surface area contributed by atoms with Gasteiger partial charge in [0.1, 0.15) is 12.4 Å². The zero-order valence-electron chi connectivity index (χ0n) is 14.7. The number of carbonyl (C=O) groups excluding carboxylic acids is 2. The van der Waals surface area contributed by atoms with Gasteiger partial charge in [0.05, 0.1) is 5.56 Å². The van der Waals surface area contributed by atoms with Gasteiger partial charge in [0.2, 0.25) is 0 Å². The number of pyridine rings is 1. The first-order valence-electron chi connectivity index (χ1n) is 8.01. The molecular weight excluding hydrogens is 384 g/mol. The summed E-state index contributed by atoms with van der Waals surface area (Å²) < 4.78 is 56.6. The number of nitrogens with one attached hydrogen (secondary N) is 1. The number of rotatable bonds is 6. The van der Waals surface area contributed by atoms with Crippen molar-refractivity contribution in [1.82, 2.24) is 9.88 Å². The van der Waals surface area contributed by atoms with Gasteiger partial charge in [0.15, 0.2) is 6.61 Å². The molecule has 0 saturated carbocycles. The summed E-state index contributed by atoms with van der Waals surface area (Å²) in [7, 11) is 0. The van der Waals surface area contributed by atoms with E-state index in [0.717, 1.165) is 0 Å². The van der Waals surface area contributed by atoms with E-state index in [0.29, 0.717) is 34.0 Å². The van der Waals surface area contributed by atoms with Crippen molar-refractivity contribution in [2.24, 2.45) is 0 Å². The van der Waals surface area contributed by atoms with E-state index in [1.807, 2.05) is 0 Å². The van der Waals surface area contributed by atoms with Crippen molar-refractivity contribution in [3.63, 3.8) is 0 Å². The van der Waals surface area contributed by atoms with Crippen LogP contribution in [0.15, 0.2) is 41.3 Å². The minimum atomic E-state index is -4.67. The monoisotopic (exact) mass is 400 g/mol. The number of nitrogens with zero attached hydrogens (tertiary/aromatic N) is 1. The third-order valence-electron chi connectivity index (χ3n) is 3.70. The predicted molar refractivity (Wildman–Crippen MR) is 89.6 cm³/mol. The fourth-order valence-electron chi connectivity index (χ4n) is 2.15. The summed E-state index contributed by atoms with van der Waals surface area (Å²) in [4.78, 5) is 34.9. The highest BCUT2D eigenvalue weighted by Gasteiger charge is 2.31. The summed E-state index contributed by atoms with van der Waals surface area (Å²) in [5.74, 6) is -2.17. The minimum absolute atomic E-state index is 0.000665. The van der Waals surface area contributed by atoms with Crippen LogP contribution in [0.25, 0.3) is 0 Å². The van der Waals surface area contributed by atoms with Gasteiger partial charge in [-0.1, -0.05) is 12.1 Å². The molecule has 2 rings (SSSR count). The first-order chi connectivity index (χ1) is 13.1. The lowest BCUT2D eigenvalue weighted by Gasteiger charge is -2.11. The largest absolute Gasteiger partial charge is 0.454 e. The molecule has 1 aromatic heterocycles. The normalized spacial score (nSPS) is 11.2. The third-order valence-corrected chi connectivity index (χ3v) is 3.70. The Morgan fingerprint density at radius 1 is 1.18 bits per heavy atom. The summed E-state index contributed by atoms with van der Waals surface area (Å²) in [5.41, 5.74) is -0.967. The Labute approximate surface area is 156 Å². The third kappa shape index (κ3) is 5.93. The zero-order chi connectivity index (χ0) is 20.9. The van der Waals surface area contributed by atoms with E-state index in [2.05, 4.69) is 10.1 Å². The van der Waals surface area contributed by atoms with Gasteiger partial charge in [-0.3, -0.25) is 14.4 Å². The molecule has 0 aliphatic heterocycles. The van der Waals surface area contributed by atoms with Gasteiger partial charge in [-0.15, -0.1) is 0 Å². The van der Waals surface area contributed by atoms with E-state index >= 15 is 0 Å². The van der Waals surface area contributed by atoms with Crippen molar-refractivity contribution in [2.45, 2.75) is 26.2 Å². The second-order valence-corrected chi connectivity index (χ2v) is 5.90. The van der Waals surface area contributed by atoms with Crippen LogP contribution in [-0.4, -0.2) is 23.1 Å². The molecule has 28 heavy (non-hydrogen) atoms. The van der Waals surface area contributed by atoms with Crippen LogP contribution in [0.2, 0.25) is 0 Å². The Morgan fingerprint density at radius 2 is 1.89 bits per heavy atom. The van der Waals surface area contributed by atoms with E-state index in [-0.39, 0.29) is 6.54 Å². The lowest BCUT2D eigenvalue weighted by Crippen LogP contribution is -2.31. The van der Waals surface area contributed by atoms with Gasteiger partial charge < -0.3 is 14.6 Å². The van der Waals surface area contributed by atoms with E-state index in [4.69, 9.17) is 0 Å². The van der Waals surface area contributed by atoms with E-state index < -0.39 is 48.1 Å². The molecule has 1 heterocycles. The number of amides is 1. The van der Waals surface area contributed by atoms with Crippen molar-refractivity contribution in [2.75, 3.05) is 6.61 Å². The molecule has 0 aliphatic rings. The van der Waals surface area contributed by atoms with Crippen LogP contribution in [0.3, 0.4) is 0 Å². The number of benzene rings is 1. The predicted octanol–water partition coefficient (Wildman–Crippen LogP) is 2.17. The SMILES string of the molecule is Cc1ccc(CNC(=O)COC(=O)Cn2cc(C(F)(F)F)ccc2=O)cc1F. The van der Waals surface area contributed by atoms with Crippen LogP contribution < -0.4 is 10.9 Å². The van der Waals surface area contributed by atoms with E-state index in [1.165, 1.54) is 6.07 Å². The number of alkyl halides is 3. The molecule has 0 fully saturated rings. The molecule has 2 aromatic rings. The molecule has 0 aliphatic carbocycles. The van der Waals surface area contributed by atoms with Crippen molar-refractivity contribution in [3.05, 3.63) is 69.4 Å². The first kappa shape index (κ1) is 21.1. The number of esters is 1. The molecule has 1 aromatic carbocycles. The number of aromatic nitrogens is 1. The quantitative estimate of drug-likeness (QED) is 0.596. The Balaban J connectivity index is 1.86. The molecule has 0 spiro atoms. The molecule has 0 saturated heterocycles. The maximum atomic E-state index is 13.4. The highest BCUT2D eigenvalue weighted by molar-refractivity contribution is 5.80. The van der Waals surface area contributed by atoms with Crippen LogP contribution in [0.4, 0.5) is 17.6 Å². The van der Waals surface area contributed by atoms with Gasteiger partial charge in [-0.2, -0.15) is 13.2 Å². The van der Waals surface area contributed by atoms with Crippen molar-refractivity contribution in [1.29, 1.82) is 0 Å². The summed E-state index contributed by atoms with van der Waals surface area (Å²) in [6, 6.07) is 5.70. The van der Waals surface area contributed by atoms with Crippen molar-refractivity contribution < 1.29 is 31.9 Å². The zero-order valence-corrected chi connectivity index (χ0v) is 14.7. The van der Waals surface area contributed by atoms with Crippen LogP contribution >= 0.6 is 0 Å². The fraction of sp³-hybridized carbons (Fsp3) is 0.278. The van der Waals surface area contributed by atoms with E-state index in [9.17, 15) is 31.9 Å². The number of halogens is 4. The standard InChI is InChI=1S/C18H16F4N2O4/c1-11-2-3-12(6-14(11)19)7-23-15(25)10-28-17(27)9-24-8-13(18(20,21)22)4-5-16(24)26/h2-6,8H,7,9-10H2,1H3,(H,23,25). The molecule has 0 atom stereocenters. The lowest BCUT2D eigenvalue weighted by molar-refractivity contribution is -0.149. The van der Waals surface area contributed by atoms with E-state index in [1.54, 1.807) is 19.1 Å². The summed E-state index contributed by atoms with van der Waals surface area (Å²) in [5, 5.41) is 2.41. The van der Waals surface area contributed by atoms with Gasteiger partial charge >= 0.3 is 12.1 Å². The Bertz CT molecular complexity index is 938. The van der Waals surface area contributed by atoms with Gasteiger partial charge in [0, 0.05) is 18.8 Å². The molecular formula is C18H16F4N2O4. The molecule has 0 unspecified atom stereocenters. The second kappa shape index (κ2) is 8.68. The first-order valence-corrected chi connectivity index (χ1v) is 8.01. The number of hydrogen-bond acceptors (Lipinski definition) is 4. The van der Waals surface area contributed by atoms with Gasteiger partial charge in [0.25, 0.3) is 11.5 Å². The number of hydrogen-bond donors (Lipinski definition) is 1. The van der Waals surface area contributed by atoms with Crippen LogP contribution in [0.5, 0.6) is 0 Å². The summed E-state index contributed by atoms with van der Waals surface area (Å²) >= 11 is 0. The van der Waals surface area contributed by atoms with Crippen LogP contribution in [-0.2, 0) is 33.6 Å². The highest BCUT2D eigenvalue weighted by Crippen LogP contribution is 2.27. The summed E-state index contributed by atoms with van der Waals surface area (Å²) in [6.07, 6.45) is -4.18. The molecule has 0 bridgehead atoms. The molecule has 0 radical (unpaired) electrons. The fourth-order valence-corrected chi connectivity index (χ4v) is 2.15. The maximum Gasteiger partial charge on any atom is 0.417 e. The average Bonchev–Trinajstić information content (AvgIpc) is 2.62. The molecule has 1 amide bonds. The molecule has 150 valence electrons. The number of aryl methyl sites for hydroxylation is 1. The number of carbonyl (C=O) groups is 2. The Morgan fingerprint density at radius 3 is 2.54 bits per heavy atom. The minimum Gasteiger partial charge on any atom is -0.454 e. The van der Waals surface area contributed by atoms with Gasteiger partial charge in [-0.25, -0.2) is 4.39 Å². The summed E-state index contributed by atoms with van der Waals surface area (Å²) in [6.45, 7) is 0.119. The number of ether oxygens (including phenoxy) is 1. The molecule has 10 heteroatoms. The maximum absolute atomic E-state index is 13.4. The lowest BCUT2D eigenvalue weighted by atomic mass is 10.1. The molecule has 1 N–H and O–H groups in total. The topological polar surface area (TPSA) is 77.4 Å².